The highest BCUT2D eigenvalue weighted by molar-refractivity contribution is 6.35. The van der Waals surface area contributed by atoms with E-state index in [4.69, 9.17) is 11.6 Å². The summed E-state index contributed by atoms with van der Waals surface area (Å²) in [5.41, 5.74) is 5.25. The maximum atomic E-state index is 13.0. The molecule has 5 unspecified atom stereocenters. The number of para-hydroxylation sites is 1. The van der Waals surface area contributed by atoms with Crippen LogP contribution in [0.5, 0.6) is 0 Å². The first-order valence-electron chi connectivity index (χ1n) is 15.9. The van der Waals surface area contributed by atoms with E-state index in [0.717, 1.165) is 49.1 Å². The van der Waals surface area contributed by atoms with Gasteiger partial charge in [-0.25, -0.2) is 0 Å². The fourth-order valence-corrected chi connectivity index (χ4v) is 13.1. The van der Waals surface area contributed by atoms with Crippen molar-refractivity contribution >= 4 is 28.5 Å². The first-order valence-corrected chi connectivity index (χ1v) is 16.3. The standard InChI is InChI=1S/C36H48ClNO2/c1-20(2)21-13-16-36(31(39)40)18-17-34(6)24(28(21)36)11-12-27-33(5)19-23-22-9-8-10-25(37)29(22)38-30(23)32(3,4)26(33)14-15-35(27,34)7/h8-10,21,24,26-28,38H,1,11-19H2,2-7H3,(H,39,40)/t21?,24?,26?,27?,28?,33-,34+,35+,36-/m0/s1. The van der Waals surface area contributed by atoms with E-state index in [-0.39, 0.29) is 27.6 Å². The van der Waals surface area contributed by atoms with Crippen LogP contribution in [0, 0.1) is 51.2 Å². The van der Waals surface area contributed by atoms with Crippen molar-refractivity contribution in [1.82, 2.24) is 4.98 Å². The number of aliphatic carboxylic acids is 1. The van der Waals surface area contributed by atoms with Crippen LogP contribution < -0.4 is 0 Å². The van der Waals surface area contributed by atoms with Gasteiger partial charge in [-0.15, -0.1) is 0 Å². The zero-order valence-corrected chi connectivity index (χ0v) is 26.2. The number of fused-ring (bicyclic) bond motifs is 10. The molecule has 0 spiro atoms. The van der Waals surface area contributed by atoms with Gasteiger partial charge in [-0.1, -0.05) is 70.5 Å². The van der Waals surface area contributed by atoms with Gasteiger partial charge in [-0.3, -0.25) is 4.79 Å². The molecule has 5 aliphatic carbocycles. The van der Waals surface area contributed by atoms with Crippen molar-refractivity contribution in [3.8, 4) is 0 Å². The minimum atomic E-state index is -0.552. The van der Waals surface area contributed by atoms with Crippen molar-refractivity contribution in [2.45, 2.75) is 105 Å². The molecule has 0 aliphatic heterocycles. The molecule has 1 heterocycles. The van der Waals surface area contributed by atoms with Crippen LogP contribution in [0.1, 0.15) is 104 Å². The summed E-state index contributed by atoms with van der Waals surface area (Å²) < 4.78 is 0. The number of halogens is 1. The van der Waals surface area contributed by atoms with Gasteiger partial charge >= 0.3 is 5.97 Å². The molecule has 2 N–H and O–H groups in total. The van der Waals surface area contributed by atoms with E-state index < -0.39 is 11.4 Å². The number of carbonyl (C=O) groups is 1. The number of hydrogen-bond acceptors (Lipinski definition) is 1. The average Bonchev–Trinajstić information content (AvgIpc) is 3.46. The van der Waals surface area contributed by atoms with Crippen molar-refractivity contribution in [1.29, 1.82) is 0 Å². The van der Waals surface area contributed by atoms with Gasteiger partial charge in [0.05, 0.1) is 16.0 Å². The van der Waals surface area contributed by atoms with E-state index in [0.29, 0.717) is 23.7 Å². The molecule has 1 aromatic heterocycles. The van der Waals surface area contributed by atoms with E-state index in [9.17, 15) is 9.90 Å². The number of carboxylic acid groups (broad SMARTS) is 1. The summed E-state index contributed by atoms with van der Waals surface area (Å²) in [5, 5.41) is 12.8. The Kier molecular flexibility index (Phi) is 5.56. The van der Waals surface area contributed by atoms with Gasteiger partial charge in [0, 0.05) is 16.5 Å². The fraction of sp³-hybridized carbons (Fsp3) is 0.694. The summed E-state index contributed by atoms with van der Waals surface area (Å²) in [6, 6.07) is 6.38. The van der Waals surface area contributed by atoms with E-state index in [2.05, 4.69) is 65.2 Å². The van der Waals surface area contributed by atoms with E-state index in [1.807, 2.05) is 6.07 Å². The van der Waals surface area contributed by atoms with Crippen LogP contribution in [0.3, 0.4) is 0 Å². The summed E-state index contributed by atoms with van der Waals surface area (Å²) >= 11 is 6.72. The quantitative estimate of drug-likeness (QED) is 0.358. The average molecular weight is 562 g/mol. The smallest absolute Gasteiger partial charge is 0.309 e. The van der Waals surface area contributed by atoms with Gasteiger partial charge in [-0.05, 0) is 122 Å². The highest BCUT2D eigenvalue weighted by Gasteiger charge is 2.72. The van der Waals surface area contributed by atoms with Crippen molar-refractivity contribution in [3.05, 3.63) is 46.6 Å². The Labute approximate surface area is 245 Å². The third-order valence-corrected chi connectivity index (χ3v) is 15.0. The highest BCUT2D eigenvalue weighted by atomic mass is 35.5. The lowest BCUT2D eigenvalue weighted by Crippen LogP contribution is -2.66. The summed E-state index contributed by atoms with van der Waals surface area (Å²) in [7, 11) is 0. The van der Waals surface area contributed by atoms with Gasteiger partial charge in [0.2, 0.25) is 0 Å². The van der Waals surface area contributed by atoms with Crippen LogP contribution in [0.2, 0.25) is 5.02 Å². The van der Waals surface area contributed by atoms with Gasteiger partial charge in [-0.2, -0.15) is 0 Å². The van der Waals surface area contributed by atoms with Crippen molar-refractivity contribution in [3.63, 3.8) is 0 Å². The normalized spacial score (nSPS) is 45.1. The fourth-order valence-electron chi connectivity index (χ4n) is 12.8. The number of H-pyrrole nitrogens is 1. The third-order valence-electron chi connectivity index (χ3n) is 14.7. The highest BCUT2D eigenvalue weighted by Crippen LogP contribution is 2.77. The molecule has 0 radical (unpaired) electrons. The molecule has 4 saturated carbocycles. The first kappa shape index (κ1) is 27.1. The number of benzene rings is 1. The number of aromatic nitrogens is 1. The van der Waals surface area contributed by atoms with Gasteiger partial charge < -0.3 is 10.1 Å². The number of carboxylic acids is 1. The molecule has 216 valence electrons. The Morgan fingerprint density at radius 1 is 0.975 bits per heavy atom. The van der Waals surface area contributed by atoms with Gasteiger partial charge in [0.25, 0.3) is 0 Å². The molecule has 0 amide bonds. The number of allylic oxidation sites excluding steroid dienone is 1. The summed E-state index contributed by atoms with van der Waals surface area (Å²) in [5.74, 6) is 1.73. The number of nitrogens with one attached hydrogen (secondary N) is 1. The summed E-state index contributed by atoms with van der Waals surface area (Å²) in [4.78, 5) is 16.8. The molecule has 5 aliphatic rings. The zero-order chi connectivity index (χ0) is 28.6. The molecule has 40 heavy (non-hydrogen) atoms. The lowest BCUT2D eigenvalue weighted by molar-refractivity contribution is -0.227. The lowest BCUT2D eigenvalue weighted by Gasteiger charge is -2.72. The molecular weight excluding hydrogens is 514 g/mol. The number of aromatic amines is 1. The van der Waals surface area contributed by atoms with Gasteiger partial charge in [0.1, 0.15) is 0 Å². The number of hydrogen-bond donors (Lipinski definition) is 2. The monoisotopic (exact) mass is 561 g/mol. The molecule has 4 fully saturated rings. The largest absolute Gasteiger partial charge is 0.481 e. The Bertz CT molecular complexity index is 1440. The summed E-state index contributed by atoms with van der Waals surface area (Å²) in [6.45, 7) is 19.4. The number of rotatable bonds is 2. The Balaban J connectivity index is 1.34. The Hall–Kier alpha value is -1.74. The second kappa shape index (κ2) is 8.21. The lowest BCUT2D eigenvalue weighted by atomic mass is 9.32. The molecular formula is C36H48ClNO2. The minimum absolute atomic E-state index is 0.0469. The van der Waals surface area contributed by atoms with Crippen LogP contribution in [0.25, 0.3) is 10.9 Å². The Morgan fingerprint density at radius 3 is 2.42 bits per heavy atom. The van der Waals surface area contributed by atoms with Crippen molar-refractivity contribution < 1.29 is 9.90 Å². The van der Waals surface area contributed by atoms with E-state index in [1.165, 1.54) is 41.5 Å². The maximum absolute atomic E-state index is 13.0. The maximum Gasteiger partial charge on any atom is 0.309 e. The topological polar surface area (TPSA) is 53.1 Å². The van der Waals surface area contributed by atoms with Crippen LogP contribution >= 0.6 is 11.6 Å². The third kappa shape index (κ3) is 3.02. The second-order valence-corrected chi connectivity index (χ2v) is 16.6. The molecule has 7 rings (SSSR count). The predicted molar refractivity (Wildman–Crippen MR) is 164 cm³/mol. The molecule has 3 nitrogen and oxygen atoms in total. The Morgan fingerprint density at radius 2 is 1.73 bits per heavy atom. The minimum Gasteiger partial charge on any atom is -0.481 e. The molecule has 2 aromatic rings. The van der Waals surface area contributed by atoms with Crippen LogP contribution in [0.4, 0.5) is 0 Å². The second-order valence-electron chi connectivity index (χ2n) is 16.2. The first-order chi connectivity index (χ1) is 18.7. The molecule has 9 atom stereocenters. The van der Waals surface area contributed by atoms with Crippen molar-refractivity contribution in [2.75, 3.05) is 0 Å². The SMILES string of the molecule is C=C(C)C1CC[C@]2(C(=O)O)CC[C@]3(C)C(CCC4[C@@]5(C)Cc6c([nH]c7c(Cl)cccc67)C(C)(C)C5CC[C@]43C)C12. The van der Waals surface area contributed by atoms with Crippen LogP contribution in [-0.2, 0) is 16.6 Å². The van der Waals surface area contributed by atoms with Crippen LogP contribution in [0.15, 0.2) is 30.4 Å². The molecule has 1 aromatic carbocycles. The van der Waals surface area contributed by atoms with Crippen molar-refractivity contribution in [2.24, 2.45) is 51.2 Å². The van der Waals surface area contributed by atoms with E-state index >= 15 is 0 Å². The zero-order valence-electron chi connectivity index (χ0n) is 25.4. The van der Waals surface area contributed by atoms with Gasteiger partial charge in [0.15, 0.2) is 0 Å². The molecule has 4 heteroatoms. The van der Waals surface area contributed by atoms with E-state index in [1.54, 1.807) is 0 Å². The van der Waals surface area contributed by atoms with Crippen LogP contribution in [-0.4, -0.2) is 16.1 Å². The summed E-state index contributed by atoms with van der Waals surface area (Å²) in [6.07, 6.45) is 9.68. The molecule has 0 saturated heterocycles. The predicted octanol–water partition coefficient (Wildman–Crippen LogP) is 9.58. The molecule has 0 bridgehead atoms.